The fourth-order valence-corrected chi connectivity index (χ4v) is 2.89. The van der Waals surface area contributed by atoms with Crippen LogP contribution in [0.3, 0.4) is 0 Å². The molecule has 1 aliphatic carbocycles. The second kappa shape index (κ2) is 5.67. The summed E-state index contributed by atoms with van der Waals surface area (Å²) in [5.41, 5.74) is 2.28. The first kappa shape index (κ1) is 12.6. The van der Waals surface area contributed by atoms with E-state index in [-0.39, 0.29) is 6.10 Å². The minimum atomic E-state index is -0.196. The highest BCUT2D eigenvalue weighted by Gasteiger charge is 2.19. The Balaban J connectivity index is 1.87. The minimum absolute atomic E-state index is 0.196. The Morgan fingerprint density at radius 1 is 1.47 bits per heavy atom. The summed E-state index contributed by atoms with van der Waals surface area (Å²) < 4.78 is 1.91. The highest BCUT2D eigenvalue weighted by molar-refractivity contribution is 5.11. The van der Waals surface area contributed by atoms with Crippen LogP contribution in [0.1, 0.15) is 50.4 Å². The van der Waals surface area contributed by atoms with Crippen molar-refractivity contribution in [1.82, 2.24) is 9.78 Å². The molecule has 96 valence electrons. The van der Waals surface area contributed by atoms with Crippen molar-refractivity contribution in [2.24, 2.45) is 13.0 Å². The number of aliphatic hydroxyl groups excluding tert-OH is 1. The molecule has 1 unspecified atom stereocenters. The van der Waals surface area contributed by atoms with Gasteiger partial charge in [0, 0.05) is 19.2 Å². The highest BCUT2D eigenvalue weighted by Crippen LogP contribution is 2.29. The molecular weight excluding hydrogens is 212 g/mol. The van der Waals surface area contributed by atoms with Gasteiger partial charge < -0.3 is 5.11 Å². The molecule has 1 atom stereocenters. The number of aromatic nitrogens is 2. The normalized spacial score (nSPS) is 18.8. The Morgan fingerprint density at radius 3 is 2.76 bits per heavy atom. The second-order valence-corrected chi connectivity index (χ2v) is 5.35. The number of rotatable bonds is 5. The highest BCUT2D eigenvalue weighted by atomic mass is 16.3. The van der Waals surface area contributed by atoms with Gasteiger partial charge in [0.05, 0.1) is 11.8 Å². The summed E-state index contributed by atoms with van der Waals surface area (Å²) in [6.07, 6.45) is 7.80. The van der Waals surface area contributed by atoms with Crippen molar-refractivity contribution < 1.29 is 5.11 Å². The maximum atomic E-state index is 10.1. The van der Waals surface area contributed by atoms with Gasteiger partial charge in [0.25, 0.3) is 0 Å². The van der Waals surface area contributed by atoms with E-state index in [9.17, 15) is 5.11 Å². The number of aliphatic hydroxyl groups is 1. The predicted molar refractivity (Wildman–Crippen MR) is 68.9 cm³/mol. The Morgan fingerprint density at radius 2 is 2.18 bits per heavy atom. The monoisotopic (exact) mass is 236 g/mol. The van der Waals surface area contributed by atoms with Gasteiger partial charge in [-0.1, -0.05) is 32.6 Å². The molecule has 1 heterocycles. The van der Waals surface area contributed by atoms with Crippen LogP contribution in [0.25, 0.3) is 0 Å². The van der Waals surface area contributed by atoms with Crippen LogP contribution in [0.5, 0.6) is 0 Å². The fraction of sp³-hybridized carbons (Fsp3) is 0.786. The zero-order valence-electron chi connectivity index (χ0n) is 11.0. The maximum Gasteiger partial charge on any atom is 0.0624 e. The molecule has 0 bridgehead atoms. The van der Waals surface area contributed by atoms with E-state index >= 15 is 0 Å². The average molecular weight is 236 g/mol. The first-order valence-electron chi connectivity index (χ1n) is 6.89. The molecule has 1 N–H and O–H groups in total. The summed E-state index contributed by atoms with van der Waals surface area (Å²) in [7, 11) is 1.97. The van der Waals surface area contributed by atoms with Gasteiger partial charge in [-0.3, -0.25) is 4.68 Å². The Bertz CT molecular complexity index is 353. The first-order valence-corrected chi connectivity index (χ1v) is 6.89. The summed E-state index contributed by atoms with van der Waals surface area (Å²) in [5, 5.41) is 14.5. The van der Waals surface area contributed by atoms with Gasteiger partial charge in [-0.05, 0) is 24.8 Å². The molecule has 0 spiro atoms. The lowest BCUT2D eigenvalue weighted by Gasteiger charge is -2.15. The van der Waals surface area contributed by atoms with Crippen LogP contribution in [0.15, 0.2) is 6.07 Å². The van der Waals surface area contributed by atoms with Gasteiger partial charge >= 0.3 is 0 Å². The Hall–Kier alpha value is -0.830. The third-order valence-corrected chi connectivity index (χ3v) is 3.91. The van der Waals surface area contributed by atoms with Crippen LogP contribution < -0.4 is 0 Å². The largest absolute Gasteiger partial charge is 0.393 e. The van der Waals surface area contributed by atoms with E-state index in [1.165, 1.54) is 25.7 Å². The van der Waals surface area contributed by atoms with Gasteiger partial charge in [-0.15, -0.1) is 0 Å². The van der Waals surface area contributed by atoms with Crippen LogP contribution >= 0.6 is 0 Å². The zero-order valence-corrected chi connectivity index (χ0v) is 11.0. The van der Waals surface area contributed by atoms with Crippen molar-refractivity contribution in [3.63, 3.8) is 0 Å². The van der Waals surface area contributed by atoms with Crippen LogP contribution in [-0.2, 0) is 19.9 Å². The fourth-order valence-electron chi connectivity index (χ4n) is 2.89. The van der Waals surface area contributed by atoms with Crippen molar-refractivity contribution in [2.75, 3.05) is 0 Å². The maximum absolute atomic E-state index is 10.1. The molecule has 0 radical (unpaired) electrons. The third-order valence-electron chi connectivity index (χ3n) is 3.91. The van der Waals surface area contributed by atoms with E-state index in [2.05, 4.69) is 18.1 Å². The lowest BCUT2D eigenvalue weighted by Crippen LogP contribution is -2.16. The second-order valence-electron chi connectivity index (χ2n) is 5.35. The standard InChI is InChI=1S/C14H24N2O/c1-3-12-9-13(16(2)15-12)10-14(17)8-11-6-4-5-7-11/h9,11,14,17H,3-8,10H2,1-2H3. The van der Waals surface area contributed by atoms with Gasteiger partial charge in [-0.25, -0.2) is 0 Å². The lowest BCUT2D eigenvalue weighted by atomic mass is 9.97. The third kappa shape index (κ3) is 3.32. The summed E-state index contributed by atoms with van der Waals surface area (Å²) >= 11 is 0. The molecule has 1 aromatic rings. The average Bonchev–Trinajstić information content (AvgIpc) is 2.89. The van der Waals surface area contributed by atoms with E-state index in [1.54, 1.807) is 0 Å². The van der Waals surface area contributed by atoms with E-state index in [0.717, 1.165) is 36.6 Å². The SMILES string of the molecule is CCc1cc(CC(O)CC2CCCC2)n(C)n1. The summed E-state index contributed by atoms with van der Waals surface area (Å²) in [5.74, 6) is 0.754. The molecule has 1 fully saturated rings. The molecule has 0 aromatic carbocycles. The van der Waals surface area contributed by atoms with Crippen molar-refractivity contribution in [3.05, 3.63) is 17.5 Å². The Labute approximate surface area is 104 Å². The molecule has 0 aliphatic heterocycles. The van der Waals surface area contributed by atoms with Crippen LogP contribution in [0, 0.1) is 5.92 Å². The van der Waals surface area contributed by atoms with Crippen LogP contribution in [0.4, 0.5) is 0 Å². The van der Waals surface area contributed by atoms with Crippen LogP contribution in [0.2, 0.25) is 0 Å². The molecule has 1 saturated carbocycles. The summed E-state index contributed by atoms with van der Waals surface area (Å²) in [6, 6.07) is 2.12. The zero-order chi connectivity index (χ0) is 12.3. The van der Waals surface area contributed by atoms with Crippen molar-refractivity contribution in [1.29, 1.82) is 0 Å². The van der Waals surface area contributed by atoms with Gasteiger partial charge in [0.15, 0.2) is 0 Å². The van der Waals surface area contributed by atoms with Gasteiger partial charge in [-0.2, -0.15) is 5.10 Å². The van der Waals surface area contributed by atoms with Crippen molar-refractivity contribution >= 4 is 0 Å². The number of aryl methyl sites for hydroxylation is 2. The van der Waals surface area contributed by atoms with E-state index in [0.29, 0.717) is 0 Å². The van der Waals surface area contributed by atoms with E-state index < -0.39 is 0 Å². The predicted octanol–water partition coefficient (Wildman–Crippen LogP) is 2.47. The molecule has 1 aromatic heterocycles. The number of nitrogens with zero attached hydrogens (tertiary/aromatic N) is 2. The topological polar surface area (TPSA) is 38.0 Å². The van der Waals surface area contributed by atoms with E-state index in [4.69, 9.17) is 0 Å². The first-order chi connectivity index (χ1) is 8.19. The number of hydrogen-bond donors (Lipinski definition) is 1. The van der Waals surface area contributed by atoms with Gasteiger partial charge in [0.1, 0.15) is 0 Å². The molecule has 2 rings (SSSR count). The molecule has 17 heavy (non-hydrogen) atoms. The smallest absolute Gasteiger partial charge is 0.0624 e. The Kier molecular flexibility index (Phi) is 4.21. The van der Waals surface area contributed by atoms with Crippen molar-refractivity contribution in [2.45, 2.75) is 58.0 Å². The quantitative estimate of drug-likeness (QED) is 0.853. The molecule has 0 saturated heterocycles. The molecule has 0 amide bonds. The molecule has 1 aliphatic rings. The summed E-state index contributed by atoms with van der Waals surface area (Å²) in [6.45, 7) is 2.11. The molecular formula is C14H24N2O. The minimum Gasteiger partial charge on any atom is -0.393 e. The lowest BCUT2D eigenvalue weighted by molar-refractivity contribution is 0.141. The summed E-state index contributed by atoms with van der Waals surface area (Å²) in [4.78, 5) is 0. The number of hydrogen-bond acceptors (Lipinski definition) is 2. The van der Waals surface area contributed by atoms with Gasteiger partial charge in [0.2, 0.25) is 0 Å². The van der Waals surface area contributed by atoms with E-state index in [1.807, 2.05) is 11.7 Å². The van der Waals surface area contributed by atoms with Crippen molar-refractivity contribution in [3.8, 4) is 0 Å². The molecule has 3 heteroatoms. The molecule has 3 nitrogen and oxygen atoms in total. The van der Waals surface area contributed by atoms with Crippen LogP contribution in [-0.4, -0.2) is 21.0 Å².